The third-order valence-corrected chi connectivity index (χ3v) is 3.44. The average molecular weight is 317 g/mol. The Hall–Kier alpha value is -2.60. The van der Waals surface area contributed by atoms with E-state index in [1.54, 1.807) is 31.3 Å². The van der Waals surface area contributed by atoms with Gasteiger partial charge in [0.2, 0.25) is 11.7 Å². The highest BCUT2D eigenvalue weighted by atomic mass is 35.5. The summed E-state index contributed by atoms with van der Waals surface area (Å²) in [4.78, 5) is 34.0. The molecule has 6 nitrogen and oxygen atoms in total. The van der Waals surface area contributed by atoms with Gasteiger partial charge in [0.1, 0.15) is 5.69 Å². The van der Waals surface area contributed by atoms with Gasteiger partial charge in [0.05, 0.1) is 11.4 Å². The van der Waals surface area contributed by atoms with Crippen molar-refractivity contribution in [3.8, 4) is 0 Å². The van der Waals surface area contributed by atoms with Crippen LogP contribution in [0.2, 0.25) is 5.02 Å². The SMILES string of the molecule is CC(=O)Nc1c(C(=O)c2nc(C)c[nH]2)[nH]c2cc(Cl)ccc12. The number of hydrogen-bond acceptors (Lipinski definition) is 3. The fourth-order valence-corrected chi connectivity index (χ4v) is 2.47. The second-order valence-electron chi connectivity index (χ2n) is 4.97. The Morgan fingerprint density at radius 2 is 2.09 bits per heavy atom. The quantitative estimate of drug-likeness (QED) is 0.649. The van der Waals surface area contributed by atoms with Crippen LogP contribution in [0.25, 0.3) is 10.9 Å². The molecule has 0 saturated carbocycles. The lowest BCUT2D eigenvalue weighted by Crippen LogP contribution is -2.12. The largest absolute Gasteiger partial charge is 0.350 e. The lowest BCUT2D eigenvalue weighted by Gasteiger charge is -2.03. The van der Waals surface area contributed by atoms with Crippen molar-refractivity contribution in [3.63, 3.8) is 0 Å². The zero-order valence-electron chi connectivity index (χ0n) is 12.0. The zero-order chi connectivity index (χ0) is 15.9. The van der Waals surface area contributed by atoms with E-state index in [-0.39, 0.29) is 23.2 Å². The monoisotopic (exact) mass is 316 g/mol. The Kier molecular flexibility index (Phi) is 3.46. The summed E-state index contributed by atoms with van der Waals surface area (Å²) in [6.07, 6.45) is 1.64. The molecule has 2 heterocycles. The number of nitrogens with one attached hydrogen (secondary N) is 3. The molecule has 0 atom stereocenters. The highest BCUT2D eigenvalue weighted by molar-refractivity contribution is 6.31. The molecule has 3 N–H and O–H groups in total. The highest BCUT2D eigenvalue weighted by Crippen LogP contribution is 2.31. The van der Waals surface area contributed by atoms with Gasteiger partial charge in [0.25, 0.3) is 0 Å². The van der Waals surface area contributed by atoms with E-state index in [2.05, 4.69) is 20.3 Å². The molecule has 2 aromatic heterocycles. The molecule has 22 heavy (non-hydrogen) atoms. The molecule has 1 aromatic carbocycles. The number of aryl methyl sites for hydroxylation is 1. The van der Waals surface area contributed by atoms with Crippen molar-refractivity contribution >= 4 is 39.9 Å². The second kappa shape index (κ2) is 5.31. The number of carbonyl (C=O) groups excluding carboxylic acids is 2. The van der Waals surface area contributed by atoms with Crippen LogP contribution in [-0.4, -0.2) is 26.6 Å². The van der Waals surface area contributed by atoms with Crippen LogP contribution >= 0.6 is 11.6 Å². The van der Waals surface area contributed by atoms with Crippen molar-refractivity contribution in [2.75, 3.05) is 5.32 Å². The van der Waals surface area contributed by atoms with Crippen molar-refractivity contribution in [3.05, 3.63) is 46.6 Å². The molecule has 3 aromatic rings. The van der Waals surface area contributed by atoms with Crippen LogP contribution in [0.15, 0.2) is 24.4 Å². The van der Waals surface area contributed by atoms with Crippen molar-refractivity contribution in [2.45, 2.75) is 13.8 Å². The number of halogens is 1. The van der Waals surface area contributed by atoms with E-state index in [1.807, 2.05) is 0 Å². The number of anilines is 1. The fraction of sp³-hybridized carbons (Fsp3) is 0.133. The first-order chi connectivity index (χ1) is 10.5. The summed E-state index contributed by atoms with van der Waals surface area (Å²) in [5.41, 5.74) is 2.08. The number of H-pyrrole nitrogens is 2. The average Bonchev–Trinajstić information content (AvgIpc) is 3.02. The Morgan fingerprint density at radius 1 is 1.32 bits per heavy atom. The van der Waals surface area contributed by atoms with Gasteiger partial charge in [-0.1, -0.05) is 11.6 Å². The molecule has 0 radical (unpaired) electrons. The van der Waals surface area contributed by atoms with Crippen LogP contribution < -0.4 is 5.32 Å². The van der Waals surface area contributed by atoms with E-state index in [9.17, 15) is 9.59 Å². The zero-order valence-corrected chi connectivity index (χ0v) is 12.7. The van der Waals surface area contributed by atoms with Crippen LogP contribution in [0.1, 0.15) is 28.9 Å². The van der Waals surface area contributed by atoms with Crippen LogP contribution in [0, 0.1) is 6.92 Å². The molecular formula is C15H13ClN4O2. The second-order valence-corrected chi connectivity index (χ2v) is 5.40. The van der Waals surface area contributed by atoms with Crippen LogP contribution in [0.5, 0.6) is 0 Å². The molecule has 112 valence electrons. The lowest BCUT2D eigenvalue weighted by molar-refractivity contribution is -0.114. The summed E-state index contributed by atoms with van der Waals surface area (Å²) >= 11 is 5.98. The van der Waals surface area contributed by atoms with E-state index in [4.69, 9.17) is 11.6 Å². The van der Waals surface area contributed by atoms with Crippen molar-refractivity contribution < 1.29 is 9.59 Å². The summed E-state index contributed by atoms with van der Waals surface area (Å²) in [5, 5.41) is 3.95. The maximum absolute atomic E-state index is 12.6. The number of aromatic amines is 2. The number of ketones is 1. The number of carbonyl (C=O) groups is 2. The number of amides is 1. The van der Waals surface area contributed by atoms with Gasteiger partial charge in [0, 0.05) is 29.0 Å². The summed E-state index contributed by atoms with van der Waals surface area (Å²) in [6.45, 7) is 3.17. The third kappa shape index (κ3) is 2.48. The number of nitrogens with zero attached hydrogens (tertiary/aromatic N) is 1. The van der Waals surface area contributed by atoms with Gasteiger partial charge in [-0.15, -0.1) is 0 Å². The smallest absolute Gasteiger partial charge is 0.246 e. The molecule has 1 amide bonds. The third-order valence-electron chi connectivity index (χ3n) is 3.21. The first-order valence-corrected chi connectivity index (χ1v) is 6.99. The maximum Gasteiger partial charge on any atom is 0.246 e. The fourth-order valence-electron chi connectivity index (χ4n) is 2.29. The molecule has 0 bridgehead atoms. The molecule has 7 heteroatoms. The maximum atomic E-state index is 12.6. The minimum absolute atomic E-state index is 0.210. The Labute approximate surface area is 130 Å². The van der Waals surface area contributed by atoms with Gasteiger partial charge in [-0.3, -0.25) is 9.59 Å². The summed E-state index contributed by atoms with van der Waals surface area (Å²) < 4.78 is 0. The number of rotatable bonds is 3. The van der Waals surface area contributed by atoms with E-state index in [0.717, 1.165) is 0 Å². The molecule has 0 fully saturated rings. The van der Waals surface area contributed by atoms with Gasteiger partial charge in [-0.2, -0.15) is 0 Å². The minimum atomic E-state index is -0.329. The predicted octanol–water partition coefficient (Wildman–Crippen LogP) is 3.04. The van der Waals surface area contributed by atoms with E-state index >= 15 is 0 Å². The molecule has 0 aliphatic rings. The van der Waals surface area contributed by atoms with Gasteiger partial charge < -0.3 is 15.3 Å². The van der Waals surface area contributed by atoms with Gasteiger partial charge in [-0.05, 0) is 25.1 Å². The number of aromatic nitrogens is 3. The normalized spacial score (nSPS) is 10.9. The molecular weight excluding hydrogens is 304 g/mol. The number of benzene rings is 1. The van der Waals surface area contributed by atoms with Gasteiger partial charge in [-0.25, -0.2) is 4.98 Å². The van der Waals surface area contributed by atoms with Crippen molar-refractivity contribution in [2.24, 2.45) is 0 Å². The standard InChI is InChI=1S/C15H13ClN4O2/c1-7-6-17-15(18-7)14(22)13-12(19-8(2)21)10-4-3-9(16)5-11(10)20-13/h3-6,20H,1-2H3,(H,17,18)(H,19,21). The number of fused-ring (bicyclic) bond motifs is 1. The molecule has 3 rings (SSSR count). The van der Waals surface area contributed by atoms with Crippen LogP contribution in [0.4, 0.5) is 5.69 Å². The first kappa shape index (κ1) is 14.3. The van der Waals surface area contributed by atoms with Crippen LogP contribution in [-0.2, 0) is 4.79 Å². The number of hydrogen-bond donors (Lipinski definition) is 3. The highest BCUT2D eigenvalue weighted by Gasteiger charge is 2.22. The van der Waals surface area contributed by atoms with Crippen molar-refractivity contribution in [1.82, 2.24) is 15.0 Å². The number of imidazole rings is 1. The van der Waals surface area contributed by atoms with E-state index in [0.29, 0.717) is 27.3 Å². The molecule has 0 spiro atoms. The van der Waals surface area contributed by atoms with Crippen LogP contribution in [0.3, 0.4) is 0 Å². The Bertz CT molecular complexity index is 894. The summed E-state index contributed by atoms with van der Waals surface area (Å²) in [5.74, 6) is -0.383. The molecule has 0 saturated heterocycles. The molecule has 0 unspecified atom stereocenters. The van der Waals surface area contributed by atoms with E-state index in [1.165, 1.54) is 6.92 Å². The Balaban J connectivity index is 2.18. The Morgan fingerprint density at radius 3 is 2.73 bits per heavy atom. The van der Waals surface area contributed by atoms with Crippen molar-refractivity contribution in [1.29, 1.82) is 0 Å². The van der Waals surface area contributed by atoms with Gasteiger partial charge in [0.15, 0.2) is 5.82 Å². The van der Waals surface area contributed by atoms with Gasteiger partial charge >= 0.3 is 0 Å². The topological polar surface area (TPSA) is 90.6 Å². The lowest BCUT2D eigenvalue weighted by atomic mass is 10.2. The molecule has 0 aliphatic heterocycles. The summed E-state index contributed by atoms with van der Waals surface area (Å²) in [6, 6.07) is 5.16. The van der Waals surface area contributed by atoms with E-state index < -0.39 is 0 Å². The summed E-state index contributed by atoms with van der Waals surface area (Å²) in [7, 11) is 0. The molecule has 0 aliphatic carbocycles. The predicted molar refractivity (Wildman–Crippen MR) is 84.4 cm³/mol. The minimum Gasteiger partial charge on any atom is -0.350 e. The first-order valence-electron chi connectivity index (χ1n) is 6.61.